The van der Waals surface area contributed by atoms with E-state index in [9.17, 15) is 4.79 Å². The van der Waals surface area contributed by atoms with Crippen molar-refractivity contribution in [3.8, 4) is 11.5 Å². The highest BCUT2D eigenvalue weighted by atomic mass is 32.2. The lowest BCUT2D eigenvalue weighted by Crippen LogP contribution is -2.10. The number of nitrogens with two attached hydrogens (primary N) is 1. The first-order valence-electron chi connectivity index (χ1n) is 8.34. The maximum atomic E-state index is 11.8. The van der Waals surface area contributed by atoms with Crippen LogP contribution in [0.3, 0.4) is 0 Å². The molecule has 8 nitrogen and oxygen atoms in total. The van der Waals surface area contributed by atoms with E-state index in [1.807, 2.05) is 38.1 Å². The van der Waals surface area contributed by atoms with Gasteiger partial charge in [0.2, 0.25) is 11.8 Å². The summed E-state index contributed by atoms with van der Waals surface area (Å²) in [4.78, 5) is 20.1. The van der Waals surface area contributed by atoms with E-state index in [-0.39, 0.29) is 23.2 Å². The highest BCUT2D eigenvalue weighted by molar-refractivity contribution is 7.99. The van der Waals surface area contributed by atoms with E-state index in [0.717, 1.165) is 11.1 Å². The van der Waals surface area contributed by atoms with Crippen molar-refractivity contribution >= 4 is 23.5 Å². The van der Waals surface area contributed by atoms with Crippen LogP contribution in [0.2, 0.25) is 0 Å². The summed E-state index contributed by atoms with van der Waals surface area (Å²) < 4.78 is 10.7. The first-order valence-corrected chi connectivity index (χ1v) is 9.22. The molecule has 27 heavy (non-hydrogen) atoms. The zero-order valence-corrected chi connectivity index (χ0v) is 16.0. The minimum atomic E-state index is -0.542. The second-order valence-electron chi connectivity index (χ2n) is 5.75. The van der Waals surface area contributed by atoms with Crippen LogP contribution in [-0.4, -0.2) is 32.7 Å². The molecule has 1 atom stereocenters. The van der Waals surface area contributed by atoms with E-state index >= 15 is 0 Å². The number of carbonyl (C=O) groups excluding carboxylic acids is 1. The van der Waals surface area contributed by atoms with Crippen molar-refractivity contribution in [3.63, 3.8) is 0 Å². The predicted molar refractivity (Wildman–Crippen MR) is 101 cm³/mol. The van der Waals surface area contributed by atoms with Gasteiger partial charge in [-0.05, 0) is 32.9 Å². The standard InChI is InChI=1S/C18H19N5O3S/c1-4-25-17(24)13-9-20-18(21-14(13)19)27-11(3)15-22-23-16(26-15)12-7-5-6-10(2)8-12/h5-9,11H,4H2,1-3H3,(H2,19,20,21)/t11-/m0/s1. The summed E-state index contributed by atoms with van der Waals surface area (Å²) in [5.74, 6) is 0.441. The monoisotopic (exact) mass is 385 g/mol. The normalized spacial score (nSPS) is 12.0. The van der Waals surface area contributed by atoms with Gasteiger partial charge in [0.05, 0.1) is 11.9 Å². The molecule has 2 heterocycles. The highest BCUT2D eigenvalue weighted by Crippen LogP contribution is 2.33. The molecule has 9 heteroatoms. The number of hydrogen-bond donors (Lipinski definition) is 1. The summed E-state index contributed by atoms with van der Waals surface area (Å²) in [7, 11) is 0. The lowest BCUT2D eigenvalue weighted by atomic mass is 10.1. The van der Waals surface area contributed by atoms with Gasteiger partial charge in [0.25, 0.3) is 0 Å². The molecule has 2 aromatic heterocycles. The topological polar surface area (TPSA) is 117 Å². The molecule has 0 bridgehead atoms. The quantitative estimate of drug-likeness (QED) is 0.387. The van der Waals surface area contributed by atoms with Crippen LogP contribution in [-0.2, 0) is 4.74 Å². The Balaban J connectivity index is 1.73. The van der Waals surface area contributed by atoms with Crippen molar-refractivity contribution in [3.05, 3.63) is 47.5 Å². The van der Waals surface area contributed by atoms with Gasteiger partial charge >= 0.3 is 5.97 Å². The minimum absolute atomic E-state index is 0.0733. The Morgan fingerprint density at radius 1 is 1.37 bits per heavy atom. The Bertz CT molecular complexity index is 960. The first-order chi connectivity index (χ1) is 13.0. The van der Waals surface area contributed by atoms with E-state index in [1.165, 1.54) is 18.0 Å². The number of aromatic nitrogens is 4. The molecule has 0 spiro atoms. The SMILES string of the molecule is CCOC(=O)c1cnc(S[C@@H](C)c2nnc(-c3cccc(C)c3)o2)nc1N. The number of carbonyl (C=O) groups is 1. The molecule has 0 aliphatic rings. The summed E-state index contributed by atoms with van der Waals surface area (Å²) in [6.07, 6.45) is 1.36. The molecule has 0 aliphatic heterocycles. The van der Waals surface area contributed by atoms with Crippen LogP contribution in [0, 0.1) is 6.92 Å². The summed E-state index contributed by atoms with van der Waals surface area (Å²) in [6.45, 7) is 5.88. The van der Waals surface area contributed by atoms with Crippen LogP contribution in [0.15, 0.2) is 40.0 Å². The number of hydrogen-bond acceptors (Lipinski definition) is 9. The number of ether oxygens (including phenoxy) is 1. The average molecular weight is 385 g/mol. The minimum Gasteiger partial charge on any atom is -0.462 e. The van der Waals surface area contributed by atoms with Crippen molar-refractivity contribution < 1.29 is 13.9 Å². The molecule has 1 aromatic carbocycles. The smallest absolute Gasteiger partial charge is 0.343 e. The predicted octanol–water partition coefficient (Wildman–Crippen LogP) is 3.45. The van der Waals surface area contributed by atoms with E-state index in [2.05, 4.69) is 20.2 Å². The summed E-state index contributed by atoms with van der Waals surface area (Å²) >= 11 is 1.31. The van der Waals surface area contributed by atoms with Gasteiger partial charge in [0.1, 0.15) is 11.4 Å². The van der Waals surface area contributed by atoms with Crippen molar-refractivity contribution in [2.75, 3.05) is 12.3 Å². The first kappa shape index (κ1) is 18.8. The number of rotatable bonds is 6. The third-order valence-electron chi connectivity index (χ3n) is 3.63. The molecule has 0 saturated heterocycles. The number of thioether (sulfide) groups is 1. The Morgan fingerprint density at radius 3 is 2.89 bits per heavy atom. The Kier molecular flexibility index (Phi) is 5.70. The average Bonchev–Trinajstić information content (AvgIpc) is 3.12. The van der Waals surface area contributed by atoms with Crippen molar-refractivity contribution in [2.24, 2.45) is 0 Å². The van der Waals surface area contributed by atoms with Gasteiger partial charge in [-0.3, -0.25) is 0 Å². The van der Waals surface area contributed by atoms with Crippen molar-refractivity contribution in [1.29, 1.82) is 0 Å². The van der Waals surface area contributed by atoms with Gasteiger partial charge in [-0.1, -0.05) is 29.5 Å². The largest absolute Gasteiger partial charge is 0.462 e. The number of nitrogens with zero attached hydrogens (tertiary/aromatic N) is 4. The molecule has 0 aliphatic carbocycles. The maximum Gasteiger partial charge on any atom is 0.343 e. The number of nitrogen functional groups attached to an aromatic ring is 1. The van der Waals surface area contributed by atoms with Gasteiger partial charge in [0.15, 0.2) is 5.16 Å². The fourth-order valence-electron chi connectivity index (χ4n) is 2.30. The molecule has 0 fully saturated rings. The van der Waals surface area contributed by atoms with Crippen LogP contribution in [0.4, 0.5) is 5.82 Å². The molecule has 140 valence electrons. The number of aryl methyl sites for hydroxylation is 1. The Labute approximate surface area is 160 Å². The van der Waals surface area contributed by atoms with E-state index in [1.54, 1.807) is 6.92 Å². The van der Waals surface area contributed by atoms with Gasteiger partial charge < -0.3 is 14.9 Å². The zero-order valence-electron chi connectivity index (χ0n) is 15.2. The van der Waals surface area contributed by atoms with Gasteiger partial charge in [-0.25, -0.2) is 14.8 Å². The van der Waals surface area contributed by atoms with Crippen LogP contribution in [0.25, 0.3) is 11.5 Å². The third kappa shape index (κ3) is 4.43. The molecular formula is C18H19N5O3S. The second kappa shape index (κ2) is 8.17. The van der Waals surface area contributed by atoms with E-state index in [0.29, 0.717) is 16.9 Å². The van der Waals surface area contributed by atoms with E-state index in [4.69, 9.17) is 14.9 Å². The lowest BCUT2D eigenvalue weighted by molar-refractivity contribution is 0.0526. The van der Waals surface area contributed by atoms with Crippen LogP contribution < -0.4 is 5.73 Å². The highest BCUT2D eigenvalue weighted by Gasteiger charge is 2.19. The molecule has 0 saturated carbocycles. The maximum absolute atomic E-state index is 11.8. The fourth-order valence-corrected chi connectivity index (χ4v) is 3.08. The summed E-state index contributed by atoms with van der Waals surface area (Å²) in [6, 6.07) is 7.84. The van der Waals surface area contributed by atoms with Crippen LogP contribution in [0.1, 0.15) is 40.9 Å². The molecule has 3 rings (SSSR count). The zero-order chi connectivity index (χ0) is 19.4. The number of esters is 1. The number of benzene rings is 1. The van der Waals surface area contributed by atoms with Crippen molar-refractivity contribution in [2.45, 2.75) is 31.2 Å². The lowest BCUT2D eigenvalue weighted by Gasteiger charge is -2.08. The molecule has 0 amide bonds. The van der Waals surface area contributed by atoms with Crippen LogP contribution in [0.5, 0.6) is 0 Å². The fraction of sp³-hybridized carbons (Fsp3) is 0.278. The van der Waals surface area contributed by atoms with E-state index < -0.39 is 5.97 Å². The third-order valence-corrected chi connectivity index (χ3v) is 4.59. The van der Waals surface area contributed by atoms with Gasteiger partial charge in [-0.15, -0.1) is 10.2 Å². The van der Waals surface area contributed by atoms with Gasteiger partial charge in [-0.2, -0.15) is 0 Å². The van der Waals surface area contributed by atoms with Crippen LogP contribution >= 0.6 is 11.8 Å². The Morgan fingerprint density at radius 2 is 2.19 bits per heavy atom. The molecule has 3 aromatic rings. The second-order valence-corrected chi connectivity index (χ2v) is 7.05. The van der Waals surface area contributed by atoms with Gasteiger partial charge in [0, 0.05) is 11.8 Å². The van der Waals surface area contributed by atoms with Crippen molar-refractivity contribution in [1.82, 2.24) is 20.2 Å². The Hall–Kier alpha value is -2.94. The summed E-state index contributed by atoms with van der Waals surface area (Å²) in [5.41, 5.74) is 7.97. The molecular weight excluding hydrogens is 366 g/mol. The molecule has 2 N–H and O–H groups in total. The number of anilines is 1. The molecule has 0 unspecified atom stereocenters. The molecule has 0 radical (unpaired) electrons. The summed E-state index contributed by atoms with van der Waals surface area (Å²) in [5, 5.41) is 8.44.